The van der Waals surface area contributed by atoms with Crippen LogP contribution >= 0.6 is 11.8 Å². The lowest BCUT2D eigenvalue weighted by Crippen LogP contribution is -2.17. The Hall–Kier alpha value is -0.410. The molecule has 0 saturated heterocycles. The highest BCUT2D eigenvalue weighted by atomic mass is 32.2. The molecule has 1 N–H and O–H groups in total. The average molecular weight is 254 g/mol. The van der Waals surface area contributed by atoms with Crippen LogP contribution < -0.4 is 5.32 Å². The minimum absolute atomic E-state index is 1.01. The van der Waals surface area contributed by atoms with E-state index in [1.807, 2.05) is 11.8 Å². The first-order chi connectivity index (χ1) is 8.38. The number of nitrogens with one attached hydrogen (secondary N) is 1. The average Bonchev–Trinajstić information content (AvgIpc) is 2.80. The highest BCUT2D eigenvalue weighted by molar-refractivity contribution is 7.98. The molecule has 1 aromatic heterocycles. The second-order valence-corrected chi connectivity index (χ2v) is 5.35. The first-order valence-corrected chi connectivity index (χ1v) is 8.11. The molecule has 0 unspecified atom stereocenters. The molecule has 0 aliphatic carbocycles. The number of aromatic nitrogens is 1. The minimum Gasteiger partial charge on any atom is -0.351 e. The van der Waals surface area contributed by atoms with Crippen LogP contribution in [0.4, 0.5) is 0 Å². The van der Waals surface area contributed by atoms with Crippen molar-refractivity contribution < 1.29 is 0 Å². The van der Waals surface area contributed by atoms with Crippen molar-refractivity contribution in [2.75, 3.05) is 18.6 Å². The maximum atomic E-state index is 3.53. The summed E-state index contributed by atoms with van der Waals surface area (Å²) in [5.41, 5.74) is 1.40. The minimum atomic E-state index is 1.01. The first-order valence-electron chi connectivity index (χ1n) is 6.72. The predicted molar refractivity (Wildman–Crippen MR) is 78.7 cm³/mol. The largest absolute Gasteiger partial charge is 0.351 e. The second-order valence-electron chi connectivity index (χ2n) is 4.37. The van der Waals surface area contributed by atoms with E-state index in [1.165, 1.54) is 37.1 Å². The van der Waals surface area contributed by atoms with Crippen LogP contribution in [0.25, 0.3) is 0 Å². The standard InChI is InChI=1S/C14H26N2S/c1-3-16-11-8-9-14(16)13-15-10-6-4-5-7-12-17-2/h8-9,11,15H,3-7,10,12-13H2,1-2H3. The summed E-state index contributed by atoms with van der Waals surface area (Å²) in [5, 5.41) is 3.53. The van der Waals surface area contributed by atoms with E-state index in [1.54, 1.807) is 0 Å². The molecule has 3 heteroatoms. The Morgan fingerprint density at radius 1 is 1.24 bits per heavy atom. The molecule has 17 heavy (non-hydrogen) atoms. The number of unbranched alkanes of at least 4 members (excludes halogenated alkanes) is 3. The summed E-state index contributed by atoms with van der Waals surface area (Å²) in [6.07, 6.45) is 9.76. The maximum Gasteiger partial charge on any atom is 0.0359 e. The molecule has 0 aliphatic heterocycles. The molecule has 1 heterocycles. The van der Waals surface area contributed by atoms with Gasteiger partial charge in [0.25, 0.3) is 0 Å². The van der Waals surface area contributed by atoms with Gasteiger partial charge in [0.2, 0.25) is 0 Å². The summed E-state index contributed by atoms with van der Waals surface area (Å²) in [5.74, 6) is 1.32. The van der Waals surface area contributed by atoms with Crippen LogP contribution in [-0.4, -0.2) is 23.1 Å². The van der Waals surface area contributed by atoms with Gasteiger partial charge in [0, 0.05) is 25.0 Å². The van der Waals surface area contributed by atoms with Gasteiger partial charge in [-0.15, -0.1) is 0 Å². The fraction of sp³-hybridized carbons (Fsp3) is 0.714. The fourth-order valence-corrected chi connectivity index (χ4v) is 2.48. The van der Waals surface area contributed by atoms with Gasteiger partial charge in [-0.2, -0.15) is 11.8 Å². The van der Waals surface area contributed by atoms with E-state index in [-0.39, 0.29) is 0 Å². The summed E-state index contributed by atoms with van der Waals surface area (Å²) < 4.78 is 2.30. The normalized spacial score (nSPS) is 10.9. The summed E-state index contributed by atoms with van der Waals surface area (Å²) in [6, 6.07) is 4.33. The molecule has 0 radical (unpaired) electrons. The van der Waals surface area contributed by atoms with E-state index in [9.17, 15) is 0 Å². The van der Waals surface area contributed by atoms with Crippen LogP contribution in [0.2, 0.25) is 0 Å². The molecule has 0 aromatic carbocycles. The molecule has 0 bridgehead atoms. The zero-order chi connectivity index (χ0) is 12.3. The van der Waals surface area contributed by atoms with Crippen LogP contribution in [0, 0.1) is 0 Å². The van der Waals surface area contributed by atoms with Gasteiger partial charge in [-0.3, -0.25) is 0 Å². The smallest absolute Gasteiger partial charge is 0.0359 e. The molecule has 98 valence electrons. The SMILES string of the molecule is CCn1cccc1CNCCCCCCSC. The molecule has 0 amide bonds. The predicted octanol–water partition coefficient (Wildman–Crippen LogP) is 3.52. The quantitative estimate of drug-likeness (QED) is 0.643. The zero-order valence-electron chi connectivity index (χ0n) is 11.2. The van der Waals surface area contributed by atoms with Crippen LogP contribution in [0.5, 0.6) is 0 Å². The van der Waals surface area contributed by atoms with Crippen LogP contribution in [0.3, 0.4) is 0 Å². The molecule has 1 rings (SSSR count). The lowest BCUT2D eigenvalue weighted by molar-refractivity contribution is 0.579. The third-order valence-electron chi connectivity index (χ3n) is 3.02. The molecule has 1 aromatic rings. The number of hydrogen-bond donors (Lipinski definition) is 1. The Kier molecular flexibility index (Phi) is 8.28. The molecular weight excluding hydrogens is 228 g/mol. The number of thioether (sulfide) groups is 1. The van der Waals surface area contributed by atoms with Crippen molar-refractivity contribution in [3.05, 3.63) is 24.0 Å². The van der Waals surface area contributed by atoms with Gasteiger partial charge < -0.3 is 9.88 Å². The number of hydrogen-bond acceptors (Lipinski definition) is 2. The molecule has 0 atom stereocenters. The summed E-state index contributed by atoms with van der Waals surface area (Å²) in [6.45, 7) is 5.41. The Morgan fingerprint density at radius 3 is 2.82 bits per heavy atom. The first kappa shape index (κ1) is 14.7. The van der Waals surface area contributed by atoms with Crippen LogP contribution in [0.1, 0.15) is 38.3 Å². The molecule has 2 nitrogen and oxygen atoms in total. The van der Waals surface area contributed by atoms with Crippen molar-refractivity contribution in [2.24, 2.45) is 0 Å². The number of aryl methyl sites for hydroxylation is 1. The Balaban J connectivity index is 1.97. The Bertz CT molecular complexity index is 284. The third kappa shape index (κ3) is 6.18. The van der Waals surface area contributed by atoms with Gasteiger partial charge in [0.05, 0.1) is 0 Å². The van der Waals surface area contributed by atoms with E-state index in [4.69, 9.17) is 0 Å². The molecule has 0 saturated carbocycles. The summed E-state index contributed by atoms with van der Waals surface area (Å²) >= 11 is 1.95. The van der Waals surface area contributed by atoms with Crippen molar-refractivity contribution in [1.29, 1.82) is 0 Å². The monoisotopic (exact) mass is 254 g/mol. The zero-order valence-corrected chi connectivity index (χ0v) is 12.1. The van der Waals surface area contributed by atoms with Crippen molar-refractivity contribution in [3.8, 4) is 0 Å². The lowest BCUT2D eigenvalue weighted by Gasteiger charge is -2.08. The highest BCUT2D eigenvalue weighted by Gasteiger charge is 1.97. The van der Waals surface area contributed by atoms with E-state index in [0.29, 0.717) is 0 Å². The summed E-state index contributed by atoms with van der Waals surface area (Å²) in [4.78, 5) is 0. The van der Waals surface area contributed by atoms with Crippen molar-refractivity contribution >= 4 is 11.8 Å². The highest BCUT2D eigenvalue weighted by Crippen LogP contribution is 2.05. The van der Waals surface area contributed by atoms with Crippen LogP contribution in [-0.2, 0) is 13.1 Å². The van der Waals surface area contributed by atoms with Crippen molar-refractivity contribution in [2.45, 2.75) is 45.7 Å². The van der Waals surface area contributed by atoms with E-state index in [2.05, 4.69) is 41.4 Å². The van der Waals surface area contributed by atoms with Gasteiger partial charge in [-0.25, -0.2) is 0 Å². The van der Waals surface area contributed by atoms with E-state index in [0.717, 1.165) is 19.6 Å². The van der Waals surface area contributed by atoms with E-state index < -0.39 is 0 Å². The molecule has 0 spiro atoms. The number of nitrogens with zero attached hydrogens (tertiary/aromatic N) is 1. The van der Waals surface area contributed by atoms with Gasteiger partial charge in [0.15, 0.2) is 0 Å². The second kappa shape index (κ2) is 9.60. The fourth-order valence-electron chi connectivity index (χ4n) is 1.98. The summed E-state index contributed by atoms with van der Waals surface area (Å²) in [7, 11) is 0. The van der Waals surface area contributed by atoms with Gasteiger partial charge >= 0.3 is 0 Å². The van der Waals surface area contributed by atoms with Gasteiger partial charge in [-0.1, -0.05) is 12.8 Å². The molecule has 0 aliphatic rings. The Labute approximate surface area is 110 Å². The molecular formula is C14H26N2S. The van der Waals surface area contributed by atoms with Gasteiger partial charge in [-0.05, 0) is 50.5 Å². The number of rotatable bonds is 10. The van der Waals surface area contributed by atoms with Gasteiger partial charge in [0.1, 0.15) is 0 Å². The molecule has 0 fully saturated rings. The van der Waals surface area contributed by atoms with Crippen molar-refractivity contribution in [3.63, 3.8) is 0 Å². The van der Waals surface area contributed by atoms with E-state index >= 15 is 0 Å². The Morgan fingerprint density at radius 2 is 2.06 bits per heavy atom. The van der Waals surface area contributed by atoms with Crippen molar-refractivity contribution in [1.82, 2.24) is 9.88 Å². The lowest BCUT2D eigenvalue weighted by atomic mass is 10.2. The van der Waals surface area contributed by atoms with Crippen LogP contribution in [0.15, 0.2) is 18.3 Å². The third-order valence-corrected chi connectivity index (χ3v) is 3.72. The topological polar surface area (TPSA) is 17.0 Å². The maximum absolute atomic E-state index is 3.53.